The Labute approximate surface area is 184 Å². The Morgan fingerprint density at radius 1 is 1.25 bits per heavy atom. The van der Waals surface area contributed by atoms with Crippen LogP contribution in [0.2, 0.25) is 0 Å². The summed E-state index contributed by atoms with van der Waals surface area (Å²) in [6.07, 6.45) is 0.276. The van der Waals surface area contributed by atoms with E-state index in [1.54, 1.807) is 6.07 Å². The summed E-state index contributed by atoms with van der Waals surface area (Å²) in [7, 11) is 0. The molecule has 2 saturated carbocycles. The van der Waals surface area contributed by atoms with Gasteiger partial charge in [-0.05, 0) is 64.0 Å². The van der Waals surface area contributed by atoms with Crippen LogP contribution in [0.3, 0.4) is 0 Å². The number of carbonyl (C=O) groups is 1. The first-order valence-corrected chi connectivity index (χ1v) is 11.2. The zero-order valence-corrected chi connectivity index (χ0v) is 18.4. The molecule has 172 valence electrons. The van der Waals surface area contributed by atoms with Gasteiger partial charge in [0.2, 0.25) is 0 Å². The summed E-state index contributed by atoms with van der Waals surface area (Å²) in [5.41, 5.74) is -0.946. The second kappa shape index (κ2) is 7.86. The Balaban J connectivity index is 1.47. The molecule has 0 aliphatic heterocycles. The van der Waals surface area contributed by atoms with Crippen LogP contribution in [0.4, 0.5) is 17.6 Å². The van der Waals surface area contributed by atoms with Crippen LogP contribution < -0.4 is 0 Å². The molecule has 4 rings (SSSR count). The average molecular weight is 449 g/mol. The fourth-order valence-electron chi connectivity index (χ4n) is 5.13. The molecule has 2 aliphatic carbocycles. The molecule has 32 heavy (non-hydrogen) atoms. The van der Waals surface area contributed by atoms with Crippen LogP contribution in [0.15, 0.2) is 12.1 Å². The van der Waals surface area contributed by atoms with Crippen molar-refractivity contribution in [3.63, 3.8) is 0 Å². The molecule has 0 radical (unpaired) electrons. The SMILES string of the molecule is CC(C(=O)CCCCc1nc2c(F)cc(C#N)cc2n1C1(C)CCC1)C1(C(F)(F)F)CC1. The van der Waals surface area contributed by atoms with Gasteiger partial charge in [-0.15, -0.1) is 0 Å². The fourth-order valence-corrected chi connectivity index (χ4v) is 5.13. The predicted molar refractivity (Wildman–Crippen MR) is 111 cm³/mol. The van der Waals surface area contributed by atoms with Crippen LogP contribution in [0.1, 0.15) is 76.6 Å². The van der Waals surface area contributed by atoms with E-state index >= 15 is 0 Å². The normalized spacial score (nSPS) is 19.9. The van der Waals surface area contributed by atoms with Crippen LogP contribution in [0.25, 0.3) is 11.0 Å². The number of nitriles is 1. The highest BCUT2D eigenvalue weighted by atomic mass is 19.4. The Morgan fingerprint density at radius 2 is 1.94 bits per heavy atom. The third-order valence-electron chi connectivity index (χ3n) is 7.62. The summed E-state index contributed by atoms with van der Waals surface area (Å²) in [4.78, 5) is 16.9. The van der Waals surface area contributed by atoms with Gasteiger partial charge in [0.1, 0.15) is 17.1 Å². The molecule has 1 unspecified atom stereocenters. The zero-order chi connectivity index (χ0) is 23.3. The Bertz CT molecular complexity index is 1090. The highest BCUT2D eigenvalue weighted by Crippen LogP contribution is 2.62. The van der Waals surface area contributed by atoms with Gasteiger partial charge < -0.3 is 4.57 Å². The second-order valence-corrected chi connectivity index (χ2v) is 9.70. The van der Waals surface area contributed by atoms with Gasteiger partial charge in [-0.25, -0.2) is 9.37 Å². The van der Waals surface area contributed by atoms with Crippen molar-refractivity contribution in [3.05, 3.63) is 29.3 Å². The summed E-state index contributed by atoms with van der Waals surface area (Å²) < 4.78 is 56.5. The molecule has 2 aromatic rings. The summed E-state index contributed by atoms with van der Waals surface area (Å²) in [6, 6.07) is 4.83. The summed E-state index contributed by atoms with van der Waals surface area (Å²) in [6.45, 7) is 3.49. The first kappa shape index (κ1) is 22.8. The van der Waals surface area contributed by atoms with E-state index in [0.717, 1.165) is 19.3 Å². The number of Topliss-reactive ketones (excluding diaryl/α,β-unsaturated/α-hetero) is 1. The van der Waals surface area contributed by atoms with Crippen molar-refractivity contribution in [1.29, 1.82) is 5.26 Å². The number of carbonyl (C=O) groups excluding carboxylic acids is 1. The largest absolute Gasteiger partial charge is 0.395 e. The molecule has 1 atom stereocenters. The number of fused-ring (bicyclic) bond motifs is 1. The lowest BCUT2D eigenvalue weighted by atomic mass is 9.78. The lowest BCUT2D eigenvalue weighted by Crippen LogP contribution is -2.38. The standard InChI is InChI=1S/C24H27F4N3O/c1-15(23(10-11-23)24(26,27)28)19(32)6-3-4-7-20-30-21-17(25)12-16(14-29)13-18(21)31(20)22(2)8-5-9-22/h12-13,15H,3-11H2,1-2H3. The van der Waals surface area contributed by atoms with E-state index in [4.69, 9.17) is 0 Å². The molecule has 0 N–H and O–H groups in total. The topological polar surface area (TPSA) is 58.7 Å². The maximum atomic E-state index is 14.6. The summed E-state index contributed by atoms with van der Waals surface area (Å²) >= 11 is 0. The molecule has 8 heteroatoms. The van der Waals surface area contributed by atoms with Crippen molar-refractivity contribution in [3.8, 4) is 6.07 Å². The maximum Gasteiger partial charge on any atom is 0.395 e. The number of alkyl halides is 3. The van der Waals surface area contributed by atoms with Gasteiger partial charge in [0.15, 0.2) is 5.82 Å². The predicted octanol–water partition coefficient (Wildman–Crippen LogP) is 6.21. The molecule has 1 heterocycles. The summed E-state index contributed by atoms with van der Waals surface area (Å²) in [5.74, 6) is -1.19. The van der Waals surface area contributed by atoms with E-state index < -0.39 is 23.3 Å². The summed E-state index contributed by atoms with van der Waals surface area (Å²) in [5, 5.41) is 9.23. The molecule has 0 saturated heterocycles. The van der Waals surface area contributed by atoms with Crippen molar-refractivity contribution in [2.75, 3.05) is 0 Å². The highest BCUT2D eigenvalue weighted by Gasteiger charge is 2.67. The molecule has 4 nitrogen and oxygen atoms in total. The van der Waals surface area contributed by atoms with Crippen LogP contribution in [-0.2, 0) is 16.8 Å². The van der Waals surface area contributed by atoms with Gasteiger partial charge >= 0.3 is 6.18 Å². The fraction of sp³-hybridized carbons (Fsp3) is 0.625. The number of halogens is 4. The molecule has 2 fully saturated rings. The molecule has 2 aliphatic rings. The van der Waals surface area contributed by atoms with Crippen molar-refractivity contribution in [1.82, 2.24) is 9.55 Å². The Morgan fingerprint density at radius 3 is 2.47 bits per heavy atom. The van der Waals surface area contributed by atoms with Crippen molar-refractivity contribution >= 4 is 16.8 Å². The molecule has 1 aromatic heterocycles. The third kappa shape index (κ3) is 3.70. The molecular weight excluding hydrogens is 422 g/mol. The zero-order valence-electron chi connectivity index (χ0n) is 18.4. The van der Waals surface area contributed by atoms with E-state index in [0.29, 0.717) is 30.6 Å². The number of aromatic nitrogens is 2. The monoisotopic (exact) mass is 449 g/mol. The van der Waals surface area contributed by atoms with Gasteiger partial charge in [-0.2, -0.15) is 18.4 Å². The number of aryl methyl sites for hydroxylation is 1. The first-order chi connectivity index (χ1) is 15.0. The van der Waals surface area contributed by atoms with Gasteiger partial charge in [-0.1, -0.05) is 6.92 Å². The van der Waals surface area contributed by atoms with E-state index in [-0.39, 0.29) is 41.7 Å². The third-order valence-corrected chi connectivity index (χ3v) is 7.62. The van der Waals surface area contributed by atoms with Crippen LogP contribution in [0.5, 0.6) is 0 Å². The number of hydrogen-bond donors (Lipinski definition) is 0. The number of rotatable bonds is 8. The van der Waals surface area contributed by atoms with Gasteiger partial charge in [0.25, 0.3) is 0 Å². The van der Waals surface area contributed by atoms with Crippen molar-refractivity contribution in [2.24, 2.45) is 11.3 Å². The van der Waals surface area contributed by atoms with Crippen molar-refractivity contribution < 1.29 is 22.4 Å². The lowest BCUT2D eigenvalue weighted by molar-refractivity contribution is -0.202. The minimum atomic E-state index is -4.34. The van der Waals surface area contributed by atoms with Crippen molar-refractivity contribution in [2.45, 2.75) is 83.4 Å². The van der Waals surface area contributed by atoms with E-state index in [9.17, 15) is 27.6 Å². The molecular formula is C24H27F4N3O. The maximum absolute atomic E-state index is 14.6. The van der Waals surface area contributed by atoms with Crippen LogP contribution in [-0.4, -0.2) is 21.5 Å². The average Bonchev–Trinajstić information content (AvgIpc) is 3.45. The number of benzene rings is 1. The number of unbranched alkanes of at least 4 members (excludes halogenated alkanes) is 1. The van der Waals surface area contributed by atoms with E-state index in [1.165, 1.54) is 13.0 Å². The van der Waals surface area contributed by atoms with Gasteiger partial charge in [0.05, 0.1) is 22.6 Å². The Kier molecular flexibility index (Phi) is 5.59. The number of hydrogen-bond acceptors (Lipinski definition) is 3. The molecule has 0 spiro atoms. The lowest BCUT2D eigenvalue weighted by Gasteiger charge is -2.41. The Hall–Kier alpha value is -2.43. The second-order valence-electron chi connectivity index (χ2n) is 9.70. The van der Waals surface area contributed by atoms with Gasteiger partial charge in [-0.3, -0.25) is 4.79 Å². The number of ketones is 1. The van der Waals surface area contributed by atoms with Crippen LogP contribution >= 0.6 is 0 Å². The molecule has 1 aromatic carbocycles. The van der Waals surface area contributed by atoms with Crippen LogP contribution in [0, 0.1) is 28.5 Å². The minimum absolute atomic E-state index is 0.0300. The van der Waals surface area contributed by atoms with Gasteiger partial charge in [0, 0.05) is 24.3 Å². The quantitative estimate of drug-likeness (QED) is 0.356. The number of nitrogens with zero attached hydrogens (tertiary/aromatic N) is 3. The molecule has 0 amide bonds. The van der Waals surface area contributed by atoms with E-state index in [1.807, 2.05) is 10.6 Å². The smallest absolute Gasteiger partial charge is 0.322 e. The molecule has 0 bridgehead atoms. The highest BCUT2D eigenvalue weighted by molar-refractivity contribution is 5.82. The first-order valence-electron chi connectivity index (χ1n) is 11.2. The minimum Gasteiger partial charge on any atom is -0.322 e. The number of imidazole rings is 1. The van der Waals surface area contributed by atoms with E-state index in [2.05, 4.69) is 11.9 Å².